The van der Waals surface area contributed by atoms with Crippen molar-refractivity contribution in [2.45, 2.75) is 11.8 Å². The number of aryl methyl sites for hydroxylation is 1. The van der Waals surface area contributed by atoms with Gasteiger partial charge in [0.2, 0.25) is 0 Å². The molecule has 0 atom stereocenters. The highest BCUT2D eigenvalue weighted by Gasteiger charge is 2.12. The van der Waals surface area contributed by atoms with E-state index < -0.39 is 5.82 Å². The SMILES string of the molecule is CNCSc1cc(N=C(c2cccc(F)c2)N(C)C)c(F)cc1C. The fraction of sp³-hybridized carbons (Fsp3) is 0.278. The van der Waals surface area contributed by atoms with Crippen LogP contribution >= 0.6 is 11.8 Å². The molecule has 0 aliphatic rings. The molecule has 0 saturated carbocycles. The normalized spacial score (nSPS) is 11.7. The molecule has 0 amide bonds. The molecule has 2 rings (SSSR count). The van der Waals surface area contributed by atoms with E-state index in [1.165, 1.54) is 18.2 Å². The lowest BCUT2D eigenvalue weighted by molar-refractivity contribution is 0.610. The average molecular weight is 349 g/mol. The molecule has 0 aromatic heterocycles. The van der Waals surface area contributed by atoms with E-state index in [1.807, 2.05) is 14.0 Å². The van der Waals surface area contributed by atoms with Crippen LogP contribution in [0.15, 0.2) is 46.3 Å². The summed E-state index contributed by atoms with van der Waals surface area (Å²) in [6.45, 7) is 1.87. The minimum absolute atomic E-state index is 0.243. The second kappa shape index (κ2) is 8.26. The van der Waals surface area contributed by atoms with Crippen LogP contribution in [-0.4, -0.2) is 37.8 Å². The Morgan fingerprint density at radius 1 is 1.21 bits per heavy atom. The van der Waals surface area contributed by atoms with Gasteiger partial charge in [-0.15, -0.1) is 11.8 Å². The first kappa shape index (κ1) is 18.4. The van der Waals surface area contributed by atoms with Crippen LogP contribution < -0.4 is 5.32 Å². The second-order valence-electron chi connectivity index (χ2n) is 5.55. The summed E-state index contributed by atoms with van der Waals surface area (Å²) in [5, 5.41) is 3.05. The first-order chi connectivity index (χ1) is 11.4. The predicted octanol–water partition coefficient (Wildman–Crippen LogP) is 4.18. The summed E-state index contributed by atoms with van der Waals surface area (Å²) < 4.78 is 27.9. The molecule has 0 spiro atoms. The first-order valence-electron chi connectivity index (χ1n) is 7.52. The Morgan fingerprint density at radius 3 is 2.58 bits per heavy atom. The lowest BCUT2D eigenvalue weighted by Gasteiger charge is -2.17. The van der Waals surface area contributed by atoms with Crippen molar-refractivity contribution in [2.24, 2.45) is 4.99 Å². The Kier molecular flexibility index (Phi) is 6.34. The third-order valence-corrected chi connectivity index (χ3v) is 4.53. The number of rotatable bonds is 5. The molecule has 0 aliphatic carbocycles. The Balaban J connectivity index is 2.49. The molecule has 2 aromatic carbocycles. The van der Waals surface area contributed by atoms with Crippen molar-refractivity contribution >= 4 is 23.3 Å². The number of amidine groups is 1. The zero-order valence-electron chi connectivity index (χ0n) is 14.2. The van der Waals surface area contributed by atoms with E-state index in [2.05, 4.69) is 10.3 Å². The molecule has 24 heavy (non-hydrogen) atoms. The number of hydrogen-bond donors (Lipinski definition) is 1. The summed E-state index contributed by atoms with van der Waals surface area (Å²) in [6.07, 6.45) is 0. The van der Waals surface area contributed by atoms with Gasteiger partial charge in [-0.2, -0.15) is 0 Å². The molecule has 0 unspecified atom stereocenters. The Bertz CT molecular complexity index is 745. The van der Waals surface area contributed by atoms with Crippen LogP contribution in [0.25, 0.3) is 0 Å². The lowest BCUT2D eigenvalue weighted by atomic mass is 10.1. The van der Waals surface area contributed by atoms with Gasteiger partial charge in [-0.05, 0) is 43.8 Å². The molecule has 0 radical (unpaired) electrons. The van der Waals surface area contributed by atoms with Crippen molar-refractivity contribution in [3.63, 3.8) is 0 Å². The van der Waals surface area contributed by atoms with Crippen LogP contribution in [-0.2, 0) is 0 Å². The number of benzene rings is 2. The molecule has 0 saturated heterocycles. The molecule has 6 heteroatoms. The number of aliphatic imine (C=N–C) groups is 1. The zero-order chi connectivity index (χ0) is 17.7. The highest BCUT2D eigenvalue weighted by Crippen LogP contribution is 2.30. The first-order valence-corrected chi connectivity index (χ1v) is 8.50. The van der Waals surface area contributed by atoms with Gasteiger partial charge in [0.25, 0.3) is 0 Å². The average Bonchev–Trinajstić information content (AvgIpc) is 2.52. The topological polar surface area (TPSA) is 27.6 Å². The number of halogens is 2. The van der Waals surface area contributed by atoms with Gasteiger partial charge < -0.3 is 10.2 Å². The fourth-order valence-corrected chi connectivity index (χ4v) is 2.98. The van der Waals surface area contributed by atoms with E-state index in [-0.39, 0.29) is 11.5 Å². The van der Waals surface area contributed by atoms with Gasteiger partial charge in [0.1, 0.15) is 23.2 Å². The smallest absolute Gasteiger partial charge is 0.149 e. The summed E-state index contributed by atoms with van der Waals surface area (Å²) in [7, 11) is 5.46. The van der Waals surface area contributed by atoms with E-state index in [9.17, 15) is 8.78 Å². The van der Waals surface area contributed by atoms with Crippen LogP contribution in [0.4, 0.5) is 14.5 Å². The number of nitrogens with zero attached hydrogens (tertiary/aromatic N) is 2. The van der Waals surface area contributed by atoms with Crippen LogP contribution in [0.3, 0.4) is 0 Å². The molecule has 0 fully saturated rings. The fourth-order valence-electron chi connectivity index (χ4n) is 2.20. The monoisotopic (exact) mass is 349 g/mol. The number of nitrogens with one attached hydrogen (secondary N) is 1. The van der Waals surface area contributed by atoms with E-state index in [1.54, 1.807) is 49.0 Å². The van der Waals surface area contributed by atoms with Crippen molar-refractivity contribution in [3.05, 3.63) is 59.2 Å². The summed E-state index contributed by atoms with van der Waals surface area (Å²) in [5.41, 5.74) is 1.71. The molecule has 0 bridgehead atoms. The molecular formula is C18H21F2N3S. The largest absolute Gasteiger partial charge is 0.362 e. The highest BCUT2D eigenvalue weighted by molar-refractivity contribution is 7.99. The van der Waals surface area contributed by atoms with Gasteiger partial charge in [0, 0.05) is 30.4 Å². The van der Waals surface area contributed by atoms with Crippen LogP contribution in [0.1, 0.15) is 11.1 Å². The molecule has 0 aliphatic heterocycles. The molecule has 3 nitrogen and oxygen atoms in total. The summed E-state index contributed by atoms with van der Waals surface area (Å²) in [6, 6.07) is 9.34. The minimum atomic E-state index is -0.392. The van der Waals surface area contributed by atoms with E-state index in [0.717, 1.165) is 16.3 Å². The Morgan fingerprint density at radius 2 is 1.96 bits per heavy atom. The molecule has 128 valence electrons. The molecule has 2 aromatic rings. The van der Waals surface area contributed by atoms with Gasteiger partial charge in [-0.3, -0.25) is 0 Å². The lowest BCUT2D eigenvalue weighted by Crippen LogP contribution is -2.23. The Labute approximate surface area is 145 Å². The van der Waals surface area contributed by atoms with Gasteiger partial charge in [0.05, 0.1) is 0 Å². The van der Waals surface area contributed by atoms with Crippen LogP contribution in [0, 0.1) is 18.6 Å². The van der Waals surface area contributed by atoms with E-state index in [4.69, 9.17) is 0 Å². The summed E-state index contributed by atoms with van der Waals surface area (Å²) in [5.74, 6) is 0.482. The Hall–Kier alpha value is -1.92. The van der Waals surface area contributed by atoms with Gasteiger partial charge in [-0.25, -0.2) is 13.8 Å². The zero-order valence-corrected chi connectivity index (χ0v) is 15.0. The van der Waals surface area contributed by atoms with Crippen molar-refractivity contribution in [3.8, 4) is 0 Å². The van der Waals surface area contributed by atoms with Crippen molar-refractivity contribution < 1.29 is 8.78 Å². The minimum Gasteiger partial charge on any atom is -0.362 e. The van der Waals surface area contributed by atoms with Crippen LogP contribution in [0.5, 0.6) is 0 Å². The third-order valence-electron chi connectivity index (χ3n) is 3.35. The summed E-state index contributed by atoms with van der Waals surface area (Å²) in [4.78, 5) is 7.15. The van der Waals surface area contributed by atoms with Crippen molar-refractivity contribution in [2.75, 3.05) is 27.0 Å². The van der Waals surface area contributed by atoms with Gasteiger partial charge >= 0.3 is 0 Å². The maximum atomic E-state index is 14.3. The summed E-state index contributed by atoms with van der Waals surface area (Å²) >= 11 is 1.58. The predicted molar refractivity (Wildman–Crippen MR) is 97.2 cm³/mol. The molecule has 0 heterocycles. The van der Waals surface area contributed by atoms with Crippen LogP contribution in [0.2, 0.25) is 0 Å². The van der Waals surface area contributed by atoms with E-state index >= 15 is 0 Å². The van der Waals surface area contributed by atoms with Crippen molar-refractivity contribution in [1.29, 1.82) is 0 Å². The maximum Gasteiger partial charge on any atom is 0.149 e. The van der Waals surface area contributed by atoms with E-state index in [0.29, 0.717) is 11.4 Å². The van der Waals surface area contributed by atoms with Gasteiger partial charge in [0.15, 0.2) is 0 Å². The highest BCUT2D eigenvalue weighted by atomic mass is 32.2. The number of hydrogen-bond acceptors (Lipinski definition) is 3. The van der Waals surface area contributed by atoms with Crippen molar-refractivity contribution in [1.82, 2.24) is 10.2 Å². The second-order valence-corrected chi connectivity index (χ2v) is 6.57. The third kappa shape index (κ3) is 4.55. The number of thioether (sulfide) groups is 1. The van der Waals surface area contributed by atoms with Gasteiger partial charge in [-0.1, -0.05) is 12.1 Å². The molecule has 1 N–H and O–H groups in total. The quantitative estimate of drug-likeness (QED) is 0.380. The maximum absolute atomic E-state index is 14.3. The standard InChI is InChI=1S/C18H21F2N3S/c1-12-8-15(20)16(10-17(12)24-11-21-2)22-18(23(3)4)13-6-5-7-14(19)9-13/h5-10,21H,11H2,1-4H3. The molecular weight excluding hydrogens is 328 g/mol.